The Kier molecular flexibility index (Phi) is 3.96. The molecule has 0 aliphatic rings. The van der Waals surface area contributed by atoms with Crippen LogP contribution < -0.4 is 10.6 Å². The molecule has 1 atom stereocenters. The van der Waals surface area contributed by atoms with Crippen LogP contribution in [0.5, 0.6) is 0 Å². The van der Waals surface area contributed by atoms with Crippen LogP contribution in [0.15, 0.2) is 10.8 Å². The highest BCUT2D eigenvalue weighted by molar-refractivity contribution is 7.52. The van der Waals surface area contributed by atoms with Gasteiger partial charge in [-0.05, 0) is 11.5 Å². The third kappa shape index (κ3) is 2.18. The van der Waals surface area contributed by atoms with Crippen molar-refractivity contribution in [2.75, 3.05) is 6.61 Å². The summed E-state index contributed by atoms with van der Waals surface area (Å²) in [5, 5.41) is 4.52. The summed E-state index contributed by atoms with van der Waals surface area (Å²) in [6.45, 7) is 2.18. The Bertz CT molecular complexity index is 297. The molecule has 0 spiro atoms. The summed E-state index contributed by atoms with van der Waals surface area (Å²) in [6.07, 6.45) is 0. The second-order valence-corrected chi connectivity index (χ2v) is 4.57. The van der Waals surface area contributed by atoms with E-state index in [1.807, 2.05) is 0 Å². The van der Waals surface area contributed by atoms with E-state index in [1.165, 1.54) is 11.3 Å². The van der Waals surface area contributed by atoms with E-state index in [1.54, 1.807) is 17.7 Å². The molecule has 1 aromatic heterocycles. The van der Waals surface area contributed by atoms with Crippen molar-refractivity contribution < 1.29 is 13.7 Å². The van der Waals surface area contributed by atoms with Crippen LogP contribution in [0.3, 0.4) is 0 Å². The molecule has 1 unspecified atom stereocenters. The molecule has 0 aromatic carbocycles. The summed E-state index contributed by atoms with van der Waals surface area (Å²) in [7, 11) is -1.91. The fourth-order valence-electron chi connectivity index (χ4n) is 0.675. The van der Waals surface area contributed by atoms with E-state index >= 15 is 0 Å². The zero-order valence-electron chi connectivity index (χ0n) is 6.39. The number of hydrogen-bond acceptors (Lipinski definition) is 4. The average molecular weight is 221 g/mol. The van der Waals surface area contributed by atoms with Gasteiger partial charge in [0.25, 0.3) is 0 Å². The Balaban J connectivity index is 2.86. The molecule has 0 saturated carbocycles. The maximum Gasteiger partial charge on any atom is 0.550 e. The zero-order valence-corrected chi connectivity index (χ0v) is 8.99. The van der Waals surface area contributed by atoms with Gasteiger partial charge in [0, 0.05) is 10.8 Å². The number of hydrogen-bond donors (Lipinski definition) is 0. The van der Waals surface area contributed by atoms with Crippen LogP contribution >= 0.6 is 27.8 Å². The van der Waals surface area contributed by atoms with Crippen molar-refractivity contribution >= 4 is 38.4 Å². The van der Waals surface area contributed by atoms with Gasteiger partial charge in [0.1, 0.15) is 11.9 Å². The monoisotopic (exact) mass is 221 g/mol. The van der Waals surface area contributed by atoms with E-state index in [0.29, 0.717) is 17.2 Å². The van der Waals surface area contributed by atoms with Crippen LogP contribution in [0.2, 0.25) is 0 Å². The fourth-order valence-corrected chi connectivity index (χ4v) is 3.46. The lowest BCUT2D eigenvalue weighted by molar-refractivity contribution is 0.357. The first-order valence-electron chi connectivity index (χ1n) is 3.29. The maximum absolute atomic E-state index is 11.3. The van der Waals surface area contributed by atoms with E-state index in [2.05, 4.69) is 0 Å². The van der Waals surface area contributed by atoms with E-state index in [0.717, 1.165) is 0 Å². The standard InChI is InChI=1S/C6H7O3P2S/c1-2-9-11(8)6-4-12-3-5(6)10-7/h3-4H,2H2,1H3/q+1. The lowest BCUT2D eigenvalue weighted by Gasteiger charge is -1.81. The van der Waals surface area contributed by atoms with E-state index in [-0.39, 0.29) is 8.46 Å². The molecule has 0 amide bonds. The third-order valence-electron chi connectivity index (χ3n) is 1.16. The first-order chi connectivity index (χ1) is 5.79. The molecule has 0 bridgehead atoms. The van der Waals surface area contributed by atoms with Gasteiger partial charge in [-0.3, -0.25) is 4.57 Å². The summed E-state index contributed by atoms with van der Waals surface area (Å²) in [5.74, 6) is 0. The van der Waals surface area contributed by atoms with Crippen LogP contribution in [-0.2, 0) is 13.7 Å². The van der Waals surface area contributed by atoms with Crippen molar-refractivity contribution in [3.8, 4) is 0 Å². The molecule has 64 valence electrons. The Morgan fingerprint density at radius 1 is 1.67 bits per heavy atom. The number of thiophene rings is 1. The van der Waals surface area contributed by atoms with Gasteiger partial charge >= 0.3 is 8.03 Å². The van der Waals surface area contributed by atoms with Crippen LogP contribution in [0.25, 0.3) is 0 Å². The van der Waals surface area contributed by atoms with Crippen molar-refractivity contribution in [3.05, 3.63) is 10.8 Å². The topological polar surface area (TPSA) is 43.4 Å². The van der Waals surface area contributed by atoms with Crippen LogP contribution in [-0.4, -0.2) is 6.61 Å². The van der Waals surface area contributed by atoms with Gasteiger partial charge in [0.2, 0.25) is 5.30 Å². The van der Waals surface area contributed by atoms with E-state index in [4.69, 9.17) is 4.52 Å². The molecule has 3 nitrogen and oxygen atoms in total. The smallest absolute Gasteiger partial charge is 0.269 e. The molecular formula is C6H7O3P2S+. The Hall–Kier alpha value is -0.140. The first kappa shape index (κ1) is 9.94. The summed E-state index contributed by atoms with van der Waals surface area (Å²) in [6, 6.07) is 0. The summed E-state index contributed by atoms with van der Waals surface area (Å²) in [5.41, 5.74) is 0. The Labute approximate surface area is 76.8 Å². The van der Waals surface area contributed by atoms with Gasteiger partial charge in [-0.2, -0.15) is 0 Å². The second kappa shape index (κ2) is 4.78. The molecule has 1 aromatic rings. The van der Waals surface area contributed by atoms with Crippen molar-refractivity contribution in [1.29, 1.82) is 0 Å². The Morgan fingerprint density at radius 3 is 3.00 bits per heavy atom. The predicted molar refractivity (Wildman–Crippen MR) is 50.4 cm³/mol. The molecule has 1 rings (SSSR count). The second-order valence-electron chi connectivity index (χ2n) is 1.91. The van der Waals surface area contributed by atoms with Gasteiger partial charge in [-0.15, -0.1) is 15.9 Å². The lowest BCUT2D eigenvalue weighted by Crippen LogP contribution is -2.10. The van der Waals surface area contributed by atoms with E-state index < -0.39 is 8.03 Å². The van der Waals surface area contributed by atoms with Gasteiger partial charge < -0.3 is 0 Å². The minimum atomic E-state index is -1.81. The maximum atomic E-state index is 11.3. The normalized spacial score (nSPS) is 11.9. The van der Waals surface area contributed by atoms with Gasteiger partial charge in [0.15, 0.2) is 8.46 Å². The van der Waals surface area contributed by atoms with Crippen LogP contribution in [0, 0.1) is 0 Å². The largest absolute Gasteiger partial charge is 0.550 e. The van der Waals surface area contributed by atoms with Gasteiger partial charge in [-0.25, -0.2) is 0 Å². The van der Waals surface area contributed by atoms with Crippen LogP contribution in [0.4, 0.5) is 0 Å². The summed E-state index contributed by atoms with van der Waals surface area (Å²) < 4.78 is 26.7. The molecule has 0 N–H and O–H groups in total. The fraction of sp³-hybridized carbons (Fsp3) is 0.333. The van der Waals surface area contributed by atoms with Crippen LogP contribution in [0.1, 0.15) is 6.92 Å². The molecule has 0 saturated heterocycles. The van der Waals surface area contributed by atoms with Crippen molar-refractivity contribution in [2.24, 2.45) is 0 Å². The van der Waals surface area contributed by atoms with Gasteiger partial charge in [0.05, 0.1) is 0 Å². The molecule has 1 heterocycles. The molecule has 12 heavy (non-hydrogen) atoms. The molecular weight excluding hydrogens is 214 g/mol. The lowest BCUT2D eigenvalue weighted by atomic mass is 10.7. The quantitative estimate of drug-likeness (QED) is 0.731. The Morgan fingerprint density at radius 2 is 2.42 bits per heavy atom. The van der Waals surface area contributed by atoms with Crippen molar-refractivity contribution in [3.63, 3.8) is 0 Å². The highest BCUT2D eigenvalue weighted by Gasteiger charge is 2.26. The van der Waals surface area contributed by atoms with Gasteiger partial charge in [-0.1, -0.05) is 0 Å². The first-order valence-corrected chi connectivity index (χ1v) is 6.22. The number of rotatable bonds is 4. The molecule has 0 fully saturated rings. The highest BCUT2D eigenvalue weighted by Crippen LogP contribution is 2.22. The third-order valence-corrected chi connectivity index (χ3v) is 4.26. The zero-order chi connectivity index (χ0) is 8.97. The molecule has 0 aliphatic carbocycles. The van der Waals surface area contributed by atoms with Crippen molar-refractivity contribution in [2.45, 2.75) is 6.92 Å². The summed E-state index contributed by atoms with van der Waals surface area (Å²) >= 11 is 1.37. The minimum absolute atomic E-state index is 0.1000. The predicted octanol–water partition coefficient (Wildman–Crippen LogP) is 2.07. The molecule has 0 radical (unpaired) electrons. The molecule has 0 aliphatic heterocycles. The van der Waals surface area contributed by atoms with E-state index in [9.17, 15) is 9.13 Å². The minimum Gasteiger partial charge on any atom is -0.269 e. The SMILES string of the molecule is CCO[P+](=O)c1cscc1P=O. The average Bonchev–Trinajstić information content (AvgIpc) is 2.51. The molecule has 6 heteroatoms. The summed E-state index contributed by atoms with van der Waals surface area (Å²) in [4.78, 5) is 0. The highest BCUT2D eigenvalue weighted by atomic mass is 32.1. The van der Waals surface area contributed by atoms with Crippen molar-refractivity contribution in [1.82, 2.24) is 0 Å².